The Hall–Kier alpha value is -1.77. The summed E-state index contributed by atoms with van der Waals surface area (Å²) < 4.78 is 77.4. The Morgan fingerprint density at radius 1 is 1.05 bits per heavy atom. The smallest absolute Gasteiger partial charge is 0.267 e. The number of rotatable bonds is 3. The number of nitrogens with zero attached hydrogens (tertiary/aromatic N) is 1. The molecule has 0 saturated carbocycles. The van der Waals surface area contributed by atoms with Crippen molar-refractivity contribution in [3.63, 3.8) is 0 Å². The van der Waals surface area contributed by atoms with Crippen molar-refractivity contribution in [3.05, 3.63) is 34.6 Å². The average Bonchev–Trinajstić information content (AvgIpc) is 2.37. The molecule has 3 nitrogen and oxygen atoms in total. The molecule has 9 heteroatoms. The van der Waals surface area contributed by atoms with Crippen molar-refractivity contribution in [1.29, 1.82) is 0 Å². The molecular formula is C10H8F6N2O. The van der Waals surface area contributed by atoms with Crippen molar-refractivity contribution >= 4 is 5.91 Å². The maximum Gasteiger partial charge on any atom is 0.267 e. The third-order valence-corrected chi connectivity index (χ3v) is 2.35. The molecule has 2 N–H and O–H groups in total. The van der Waals surface area contributed by atoms with Crippen LogP contribution >= 0.6 is 0 Å². The molecule has 1 atom stereocenters. The first-order valence-electron chi connectivity index (χ1n) is 4.87. The van der Waals surface area contributed by atoms with Crippen LogP contribution in [0.1, 0.15) is 5.56 Å². The van der Waals surface area contributed by atoms with Gasteiger partial charge in [-0.25, -0.2) is 22.0 Å². The molecule has 0 aromatic heterocycles. The summed E-state index contributed by atoms with van der Waals surface area (Å²) in [6.07, 6.45) is -1.03. The van der Waals surface area contributed by atoms with E-state index in [0.29, 0.717) is 7.05 Å². The van der Waals surface area contributed by atoms with Crippen LogP contribution in [0.4, 0.5) is 26.4 Å². The topological polar surface area (TPSA) is 46.3 Å². The van der Waals surface area contributed by atoms with E-state index in [1.165, 1.54) is 0 Å². The number of hydrogen-bond acceptors (Lipinski definition) is 2. The molecule has 1 rings (SSSR count). The summed E-state index contributed by atoms with van der Waals surface area (Å²) in [5.41, 5.74) is 3.86. The third kappa shape index (κ3) is 2.80. The summed E-state index contributed by atoms with van der Waals surface area (Å²) in [6, 6.07) is -1.77. The van der Waals surface area contributed by atoms with Crippen molar-refractivity contribution in [2.75, 3.05) is 7.05 Å². The van der Waals surface area contributed by atoms with Gasteiger partial charge in [0.25, 0.3) is 5.91 Å². The van der Waals surface area contributed by atoms with Gasteiger partial charge in [-0.15, -0.1) is 0 Å². The first-order valence-corrected chi connectivity index (χ1v) is 4.87. The molecule has 1 amide bonds. The zero-order chi connectivity index (χ0) is 14.9. The van der Waals surface area contributed by atoms with Crippen LogP contribution < -0.4 is 5.73 Å². The molecule has 0 aliphatic carbocycles. The number of benzene rings is 1. The summed E-state index contributed by atoms with van der Waals surface area (Å²) in [5, 5.41) is -0.448. The first-order chi connectivity index (χ1) is 8.68. The lowest BCUT2D eigenvalue weighted by Crippen LogP contribution is -2.40. The Labute approximate surface area is 103 Å². The predicted molar refractivity (Wildman–Crippen MR) is 51.8 cm³/mol. The van der Waals surface area contributed by atoms with Gasteiger partial charge in [-0.05, 0) is 0 Å². The van der Waals surface area contributed by atoms with Crippen molar-refractivity contribution in [3.8, 4) is 0 Å². The van der Waals surface area contributed by atoms with Crippen LogP contribution in [0, 0.1) is 29.1 Å². The van der Waals surface area contributed by atoms with E-state index in [4.69, 9.17) is 5.73 Å². The Morgan fingerprint density at radius 2 is 1.42 bits per heavy atom. The fourth-order valence-electron chi connectivity index (χ4n) is 1.37. The molecule has 0 saturated heterocycles. The van der Waals surface area contributed by atoms with Crippen molar-refractivity contribution in [1.82, 2.24) is 5.12 Å². The van der Waals surface area contributed by atoms with Gasteiger partial charge < -0.3 is 5.73 Å². The number of nitrogens with two attached hydrogens (primary N) is 1. The molecular weight excluding hydrogens is 278 g/mol. The lowest BCUT2D eigenvalue weighted by molar-refractivity contribution is -0.144. The molecule has 106 valence electrons. The summed E-state index contributed by atoms with van der Waals surface area (Å²) in [4.78, 5) is 11.0. The zero-order valence-corrected chi connectivity index (χ0v) is 9.49. The van der Waals surface area contributed by atoms with Crippen molar-refractivity contribution in [2.24, 2.45) is 5.73 Å². The minimum atomic E-state index is -2.32. The summed E-state index contributed by atoms with van der Waals surface area (Å²) in [7, 11) is 0.681. The van der Waals surface area contributed by atoms with E-state index < -0.39 is 58.1 Å². The minimum Gasteiger partial charge on any atom is -0.320 e. The Morgan fingerprint density at radius 3 is 1.79 bits per heavy atom. The summed E-state index contributed by atoms with van der Waals surface area (Å²) >= 11 is 0. The normalized spacial score (nSPS) is 12.4. The van der Waals surface area contributed by atoms with Crippen LogP contribution in [-0.4, -0.2) is 24.1 Å². The number of carbonyl (C=O) groups is 1. The Bertz CT molecular complexity index is 490. The summed E-state index contributed by atoms with van der Waals surface area (Å²) in [6.45, 7) is 0. The van der Waals surface area contributed by atoms with Crippen LogP contribution in [0.3, 0.4) is 0 Å². The predicted octanol–water partition coefficient (Wildman–Crippen LogP) is 1.59. The van der Waals surface area contributed by atoms with Crippen LogP contribution in [-0.2, 0) is 11.2 Å². The van der Waals surface area contributed by atoms with Crippen LogP contribution in [0.25, 0.3) is 0 Å². The monoisotopic (exact) mass is 286 g/mol. The molecule has 0 bridgehead atoms. The van der Waals surface area contributed by atoms with E-state index in [2.05, 4.69) is 0 Å². The van der Waals surface area contributed by atoms with E-state index in [-0.39, 0.29) is 0 Å². The fraction of sp³-hybridized carbons (Fsp3) is 0.300. The number of carbonyl (C=O) groups excluding carboxylic acids is 1. The van der Waals surface area contributed by atoms with Gasteiger partial charge in [0.1, 0.15) is 0 Å². The maximum atomic E-state index is 13.2. The Kier molecular flexibility index (Phi) is 4.40. The van der Waals surface area contributed by atoms with Gasteiger partial charge in [0, 0.05) is 19.0 Å². The number of likely N-dealkylation sites (N-methyl/N-ethyl adjacent to an activating group) is 1. The van der Waals surface area contributed by atoms with Gasteiger partial charge in [-0.1, -0.05) is 4.48 Å². The molecule has 0 aliphatic rings. The van der Waals surface area contributed by atoms with E-state index in [1.54, 1.807) is 0 Å². The second kappa shape index (κ2) is 5.47. The highest BCUT2D eigenvalue weighted by Gasteiger charge is 2.29. The van der Waals surface area contributed by atoms with E-state index in [1.807, 2.05) is 0 Å². The van der Waals surface area contributed by atoms with Gasteiger partial charge in [-0.2, -0.15) is 5.12 Å². The lowest BCUT2D eigenvalue weighted by atomic mass is 10.0. The van der Waals surface area contributed by atoms with Gasteiger partial charge in [-0.3, -0.25) is 4.79 Å². The van der Waals surface area contributed by atoms with Crippen LogP contribution in [0.15, 0.2) is 0 Å². The molecule has 0 radical (unpaired) electrons. The molecule has 0 fully saturated rings. The molecule has 0 unspecified atom stereocenters. The van der Waals surface area contributed by atoms with Crippen LogP contribution in [0.5, 0.6) is 0 Å². The largest absolute Gasteiger partial charge is 0.320 e. The van der Waals surface area contributed by atoms with Gasteiger partial charge in [0.2, 0.25) is 5.82 Å². The van der Waals surface area contributed by atoms with Gasteiger partial charge in [0.05, 0.1) is 6.04 Å². The highest BCUT2D eigenvalue weighted by atomic mass is 19.2. The SMILES string of the molecule is CN(F)C(=O)[C@@H](N)Cc1c(F)c(F)c(F)c(F)c1F. The van der Waals surface area contributed by atoms with Gasteiger partial charge >= 0.3 is 0 Å². The molecule has 0 heterocycles. The van der Waals surface area contributed by atoms with E-state index >= 15 is 0 Å². The standard InChI is InChI=1S/C10H8F6N2O/c1-18(16)10(19)4(17)2-3-5(11)7(13)9(15)8(14)6(3)12/h4H,2,17H2,1H3/t4-/m0/s1. The second-order valence-corrected chi connectivity index (χ2v) is 3.67. The summed E-state index contributed by atoms with van der Waals surface area (Å²) in [5.74, 6) is -12.2. The number of halogens is 6. The van der Waals surface area contributed by atoms with Gasteiger partial charge in [0.15, 0.2) is 23.3 Å². The van der Waals surface area contributed by atoms with Crippen LogP contribution in [0.2, 0.25) is 0 Å². The lowest BCUT2D eigenvalue weighted by Gasteiger charge is -2.14. The molecule has 19 heavy (non-hydrogen) atoms. The van der Waals surface area contributed by atoms with E-state index in [9.17, 15) is 31.2 Å². The first kappa shape index (κ1) is 15.3. The fourth-order valence-corrected chi connectivity index (χ4v) is 1.37. The Balaban J connectivity index is 3.19. The molecule has 0 spiro atoms. The average molecular weight is 286 g/mol. The molecule has 1 aromatic carbocycles. The maximum absolute atomic E-state index is 13.2. The highest BCUT2D eigenvalue weighted by molar-refractivity contribution is 5.80. The molecule has 1 aromatic rings. The van der Waals surface area contributed by atoms with E-state index in [0.717, 1.165) is 0 Å². The number of hydrogen-bond donors (Lipinski definition) is 1. The zero-order valence-electron chi connectivity index (χ0n) is 9.49. The molecule has 0 aliphatic heterocycles. The second-order valence-electron chi connectivity index (χ2n) is 3.67. The number of amides is 1. The van der Waals surface area contributed by atoms with Crippen molar-refractivity contribution < 1.29 is 31.2 Å². The highest BCUT2D eigenvalue weighted by Crippen LogP contribution is 2.24. The third-order valence-electron chi connectivity index (χ3n) is 2.35. The minimum absolute atomic E-state index is 0.448. The quantitative estimate of drug-likeness (QED) is 0.397. The van der Waals surface area contributed by atoms with Crippen molar-refractivity contribution in [2.45, 2.75) is 12.5 Å².